The van der Waals surface area contributed by atoms with Gasteiger partial charge in [0.25, 0.3) is 0 Å². The number of nitrogens with zero attached hydrogens (tertiary/aromatic N) is 1. The van der Waals surface area contributed by atoms with Crippen molar-refractivity contribution in [2.75, 3.05) is 13.6 Å². The molecule has 21 heavy (non-hydrogen) atoms. The van der Waals surface area contributed by atoms with Crippen LogP contribution in [0, 0.1) is 11.3 Å². The quantitative estimate of drug-likeness (QED) is 0.658. The van der Waals surface area contributed by atoms with Gasteiger partial charge < -0.3 is 4.90 Å². The Labute approximate surface area is 130 Å². The molecule has 0 radical (unpaired) electrons. The number of fused-ring (bicyclic) bond motifs is 1. The van der Waals surface area contributed by atoms with Gasteiger partial charge in [0.2, 0.25) is 0 Å². The van der Waals surface area contributed by atoms with Gasteiger partial charge >= 0.3 is 0 Å². The first-order valence-corrected chi connectivity index (χ1v) is 8.49. The second kappa shape index (κ2) is 6.02. The molecule has 0 saturated carbocycles. The van der Waals surface area contributed by atoms with Crippen LogP contribution in [0.25, 0.3) is 11.1 Å². The second-order valence-corrected chi connectivity index (χ2v) is 6.81. The predicted octanol–water partition coefficient (Wildman–Crippen LogP) is 4.45. The van der Waals surface area contributed by atoms with E-state index in [1.54, 1.807) is 16.9 Å². The van der Waals surface area contributed by atoms with Gasteiger partial charge in [-0.15, -0.1) is 0 Å². The Bertz CT molecular complexity index is 631. The number of nitrogens with one attached hydrogen (secondary N) is 1. The Kier molecular flexibility index (Phi) is 4.11. The Balaban J connectivity index is 1.81. The maximum atomic E-state index is 7.72. The molecule has 3 rings (SSSR count). The number of rotatable bonds is 3. The van der Waals surface area contributed by atoms with Gasteiger partial charge in [-0.2, -0.15) is 11.3 Å². The maximum Gasteiger partial charge on any atom is 0.0923 e. The molecule has 2 nitrogen and oxygen atoms in total. The third-order valence-electron chi connectivity index (χ3n) is 4.52. The average Bonchev–Trinajstić information content (AvgIpc) is 3.00. The van der Waals surface area contributed by atoms with Crippen molar-refractivity contribution in [3.8, 4) is 11.1 Å². The molecule has 1 atom stereocenters. The van der Waals surface area contributed by atoms with Crippen LogP contribution < -0.4 is 0 Å². The van der Waals surface area contributed by atoms with Crippen LogP contribution in [0.3, 0.4) is 0 Å². The molecule has 1 N–H and O–H groups in total. The highest BCUT2D eigenvalue weighted by Crippen LogP contribution is 2.34. The Morgan fingerprint density at radius 3 is 2.95 bits per heavy atom. The lowest BCUT2D eigenvalue weighted by molar-refractivity contribution is 0.348. The third kappa shape index (κ3) is 3.03. The zero-order valence-electron chi connectivity index (χ0n) is 12.7. The fourth-order valence-electron chi connectivity index (χ4n) is 3.25. The molecule has 1 aliphatic rings. The number of hydrogen-bond acceptors (Lipinski definition) is 2. The van der Waals surface area contributed by atoms with E-state index in [9.17, 15) is 0 Å². The highest BCUT2D eigenvalue weighted by molar-refractivity contribution is 7.08. The topological polar surface area (TPSA) is 27.1 Å². The van der Waals surface area contributed by atoms with Crippen LogP contribution >= 0.6 is 11.3 Å². The molecule has 0 saturated heterocycles. The highest BCUT2D eigenvalue weighted by atomic mass is 32.1. The fraction of sp³-hybridized carbons (Fsp3) is 0.389. The van der Waals surface area contributed by atoms with Crippen LogP contribution in [-0.2, 0) is 12.8 Å². The van der Waals surface area contributed by atoms with E-state index in [4.69, 9.17) is 5.41 Å². The van der Waals surface area contributed by atoms with Gasteiger partial charge in [0.15, 0.2) is 0 Å². The van der Waals surface area contributed by atoms with Crippen molar-refractivity contribution in [1.29, 1.82) is 5.41 Å². The summed E-state index contributed by atoms with van der Waals surface area (Å²) in [5.74, 6) is 1.33. The first kappa shape index (κ1) is 14.3. The van der Waals surface area contributed by atoms with Gasteiger partial charge in [-0.1, -0.05) is 18.2 Å². The van der Waals surface area contributed by atoms with Crippen LogP contribution in [-0.4, -0.2) is 24.3 Å². The molecule has 110 valence electrons. The van der Waals surface area contributed by atoms with Gasteiger partial charge in [-0.3, -0.25) is 5.41 Å². The summed E-state index contributed by atoms with van der Waals surface area (Å²) in [6.45, 7) is 2.86. The minimum absolute atomic E-state index is 0.660. The van der Waals surface area contributed by atoms with Crippen molar-refractivity contribution in [3.63, 3.8) is 0 Å². The van der Waals surface area contributed by atoms with Crippen LogP contribution in [0.1, 0.15) is 24.5 Å². The number of amidine groups is 1. The lowest BCUT2D eigenvalue weighted by Gasteiger charge is -2.30. The van der Waals surface area contributed by atoms with Crippen molar-refractivity contribution < 1.29 is 0 Å². The maximum absolute atomic E-state index is 7.72. The summed E-state index contributed by atoms with van der Waals surface area (Å²) in [7, 11) is 2.03. The van der Waals surface area contributed by atoms with E-state index in [0.717, 1.165) is 19.4 Å². The van der Waals surface area contributed by atoms with Gasteiger partial charge in [0, 0.05) is 13.6 Å². The van der Waals surface area contributed by atoms with Crippen LogP contribution in [0.5, 0.6) is 0 Å². The number of thiophene rings is 1. The molecule has 1 unspecified atom stereocenters. The SMILES string of the molecule is CC(=N)N(C)CC1CCc2c(cccc2-c2ccsc2)C1. The monoisotopic (exact) mass is 298 g/mol. The molecule has 3 heteroatoms. The minimum atomic E-state index is 0.660. The zero-order chi connectivity index (χ0) is 14.8. The molecule has 2 aromatic rings. The van der Waals surface area contributed by atoms with E-state index in [0.29, 0.717) is 11.8 Å². The second-order valence-electron chi connectivity index (χ2n) is 6.03. The lowest BCUT2D eigenvalue weighted by Crippen LogP contribution is -2.32. The van der Waals surface area contributed by atoms with Crippen LogP contribution in [0.15, 0.2) is 35.0 Å². The summed E-state index contributed by atoms with van der Waals surface area (Å²) in [4.78, 5) is 2.07. The van der Waals surface area contributed by atoms with E-state index in [2.05, 4.69) is 39.9 Å². The highest BCUT2D eigenvalue weighted by Gasteiger charge is 2.22. The van der Waals surface area contributed by atoms with Gasteiger partial charge in [0.05, 0.1) is 5.84 Å². The Morgan fingerprint density at radius 2 is 2.24 bits per heavy atom. The van der Waals surface area contributed by atoms with E-state index in [-0.39, 0.29) is 0 Å². The first-order chi connectivity index (χ1) is 10.1. The summed E-state index contributed by atoms with van der Waals surface area (Å²) >= 11 is 1.77. The molecule has 1 aromatic heterocycles. The Hall–Kier alpha value is -1.61. The van der Waals surface area contributed by atoms with Gasteiger partial charge in [-0.05, 0) is 71.2 Å². The normalized spacial score (nSPS) is 17.3. The summed E-state index contributed by atoms with van der Waals surface area (Å²) in [5.41, 5.74) is 5.83. The average molecular weight is 298 g/mol. The molecule has 0 aliphatic heterocycles. The number of hydrogen-bond donors (Lipinski definition) is 1. The lowest BCUT2D eigenvalue weighted by atomic mass is 9.80. The van der Waals surface area contributed by atoms with Gasteiger partial charge in [-0.25, -0.2) is 0 Å². The van der Waals surface area contributed by atoms with Crippen molar-refractivity contribution in [2.45, 2.75) is 26.2 Å². The molecular weight excluding hydrogens is 276 g/mol. The van der Waals surface area contributed by atoms with Crippen LogP contribution in [0.4, 0.5) is 0 Å². The molecular formula is C18H22N2S. The third-order valence-corrected chi connectivity index (χ3v) is 5.20. The standard InChI is InChI=1S/C18H22N2S/c1-13(19)20(2)11-14-6-7-18-15(10-14)4-3-5-17(18)16-8-9-21-12-16/h3-5,8-9,12,14,19H,6-7,10-11H2,1-2H3. The van der Waals surface area contributed by atoms with Crippen molar-refractivity contribution in [2.24, 2.45) is 5.92 Å². The van der Waals surface area contributed by atoms with Crippen molar-refractivity contribution in [3.05, 3.63) is 46.2 Å². The van der Waals surface area contributed by atoms with Crippen LogP contribution in [0.2, 0.25) is 0 Å². The Morgan fingerprint density at radius 1 is 1.38 bits per heavy atom. The molecule has 1 aliphatic carbocycles. The van der Waals surface area contributed by atoms with E-state index < -0.39 is 0 Å². The van der Waals surface area contributed by atoms with E-state index in [1.807, 2.05) is 14.0 Å². The molecule has 0 amide bonds. The molecule has 1 heterocycles. The van der Waals surface area contributed by atoms with Crippen molar-refractivity contribution >= 4 is 17.2 Å². The van der Waals surface area contributed by atoms with E-state index in [1.165, 1.54) is 23.1 Å². The first-order valence-electron chi connectivity index (χ1n) is 7.55. The predicted molar refractivity (Wildman–Crippen MR) is 91.3 cm³/mol. The summed E-state index contributed by atoms with van der Waals surface area (Å²) < 4.78 is 0. The smallest absolute Gasteiger partial charge is 0.0923 e. The molecule has 0 spiro atoms. The fourth-order valence-corrected chi connectivity index (χ4v) is 3.91. The van der Waals surface area contributed by atoms with Crippen molar-refractivity contribution in [1.82, 2.24) is 4.90 Å². The van der Waals surface area contributed by atoms with E-state index >= 15 is 0 Å². The number of benzene rings is 1. The zero-order valence-corrected chi connectivity index (χ0v) is 13.5. The summed E-state index contributed by atoms with van der Waals surface area (Å²) in [6.07, 6.45) is 3.54. The minimum Gasteiger partial charge on any atom is -0.364 e. The molecule has 0 bridgehead atoms. The largest absolute Gasteiger partial charge is 0.364 e. The summed E-state index contributed by atoms with van der Waals surface area (Å²) in [5, 5.41) is 12.1. The van der Waals surface area contributed by atoms with Gasteiger partial charge in [0.1, 0.15) is 0 Å². The summed E-state index contributed by atoms with van der Waals surface area (Å²) in [6, 6.07) is 8.96. The molecule has 1 aromatic carbocycles. The molecule has 0 fully saturated rings.